The van der Waals surface area contributed by atoms with Gasteiger partial charge in [0.15, 0.2) is 0 Å². The van der Waals surface area contributed by atoms with E-state index in [1.54, 1.807) is 6.07 Å². The number of aromatic amines is 1. The number of rotatable bonds is 5. The number of aromatic nitrogens is 2. The van der Waals surface area contributed by atoms with Crippen LogP contribution in [-0.4, -0.2) is 22.6 Å². The van der Waals surface area contributed by atoms with Gasteiger partial charge in [-0.25, -0.2) is 0 Å². The third kappa shape index (κ3) is 3.92. The van der Waals surface area contributed by atoms with Crippen molar-refractivity contribution in [3.63, 3.8) is 0 Å². The number of carbonyl (C=O) groups excluding carboxylic acids is 1. The maximum atomic E-state index is 12.3. The predicted octanol–water partition coefficient (Wildman–Crippen LogP) is 4.37. The highest BCUT2D eigenvalue weighted by molar-refractivity contribution is 9.10. The Hall–Kier alpha value is -2.40. The lowest BCUT2D eigenvalue weighted by Gasteiger charge is -2.12. The molecule has 1 amide bonds. The van der Waals surface area contributed by atoms with Gasteiger partial charge >= 0.3 is 0 Å². The largest absolute Gasteiger partial charge is 0.350 e. The van der Waals surface area contributed by atoms with Gasteiger partial charge in [0.25, 0.3) is 5.91 Å². The smallest absolute Gasteiger partial charge is 0.269 e. The van der Waals surface area contributed by atoms with Crippen molar-refractivity contribution >= 4 is 21.8 Å². The normalized spacial score (nSPS) is 11.9. The zero-order chi connectivity index (χ0) is 16.9. The molecule has 2 aromatic carbocycles. The number of carbonyl (C=O) groups is 1. The molecule has 3 aromatic rings. The second-order valence-electron chi connectivity index (χ2n) is 5.70. The molecule has 0 saturated carbocycles. The molecule has 0 bridgehead atoms. The van der Waals surface area contributed by atoms with Gasteiger partial charge in [-0.3, -0.25) is 9.89 Å². The summed E-state index contributed by atoms with van der Waals surface area (Å²) >= 11 is 3.41. The summed E-state index contributed by atoms with van der Waals surface area (Å²) in [5.74, 6) is 0.109. The van der Waals surface area contributed by atoms with E-state index in [0.29, 0.717) is 12.2 Å². The number of benzene rings is 2. The third-order valence-corrected chi connectivity index (χ3v) is 4.43. The molecular formula is C19H18BrN3O. The fourth-order valence-electron chi connectivity index (χ4n) is 2.45. The molecule has 0 spiro atoms. The van der Waals surface area contributed by atoms with Crippen LogP contribution in [-0.2, 0) is 0 Å². The van der Waals surface area contributed by atoms with Gasteiger partial charge in [0, 0.05) is 16.6 Å². The molecule has 5 heteroatoms. The number of nitrogens with zero attached hydrogens (tertiary/aromatic N) is 1. The summed E-state index contributed by atoms with van der Waals surface area (Å²) < 4.78 is 1.01. The fraction of sp³-hybridized carbons (Fsp3) is 0.158. The quantitative estimate of drug-likeness (QED) is 0.686. The summed E-state index contributed by atoms with van der Waals surface area (Å²) in [6.45, 7) is 2.67. The van der Waals surface area contributed by atoms with E-state index in [0.717, 1.165) is 15.7 Å². The minimum atomic E-state index is -0.145. The van der Waals surface area contributed by atoms with Crippen molar-refractivity contribution in [3.8, 4) is 11.3 Å². The van der Waals surface area contributed by atoms with Gasteiger partial charge in [-0.2, -0.15) is 5.10 Å². The number of nitrogens with one attached hydrogen (secondary N) is 2. The van der Waals surface area contributed by atoms with Crippen molar-refractivity contribution < 1.29 is 4.79 Å². The van der Waals surface area contributed by atoms with Crippen molar-refractivity contribution in [1.29, 1.82) is 0 Å². The van der Waals surface area contributed by atoms with E-state index in [2.05, 4.69) is 50.5 Å². The van der Waals surface area contributed by atoms with Gasteiger partial charge in [-0.15, -0.1) is 0 Å². The van der Waals surface area contributed by atoms with Crippen LogP contribution in [0.3, 0.4) is 0 Å². The van der Waals surface area contributed by atoms with Crippen molar-refractivity contribution in [2.24, 2.45) is 0 Å². The van der Waals surface area contributed by atoms with E-state index < -0.39 is 0 Å². The average Bonchev–Trinajstić information content (AvgIpc) is 3.11. The molecule has 0 aliphatic rings. The van der Waals surface area contributed by atoms with E-state index in [1.807, 2.05) is 42.5 Å². The van der Waals surface area contributed by atoms with Gasteiger partial charge < -0.3 is 5.32 Å². The van der Waals surface area contributed by atoms with Crippen LogP contribution in [0.15, 0.2) is 65.1 Å². The first-order valence-electron chi connectivity index (χ1n) is 7.78. The van der Waals surface area contributed by atoms with Gasteiger partial charge in [0.2, 0.25) is 0 Å². The summed E-state index contributed by atoms with van der Waals surface area (Å²) in [6.07, 6.45) is 0. The van der Waals surface area contributed by atoms with Crippen molar-refractivity contribution in [2.45, 2.75) is 12.8 Å². The van der Waals surface area contributed by atoms with Gasteiger partial charge in [0.1, 0.15) is 5.69 Å². The molecule has 1 atom stereocenters. The SMILES string of the molecule is C[C@@H](CNC(=O)c1cc(-c2ccc(Br)cc2)n[nH]1)c1ccccc1. The molecule has 0 unspecified atom stereocenters. The van der Waals surface area contributed by atoms with E-state index >= 15 is 0 Å². The maximum Gasteiger partial charge on any atom is 0.269 e. The second-order valence-corrected chi connectivity index (χ2v) is 6.61. The molecule has 0 fully saturated rings. The molecule has 2 N–H and O–H groups in total. The summed E-state index contributed by atoms with van der Waals surface area (Å²) in [7, 11) is 0. The highest BCUT2D eigenvalue weighted by atomic mass is 79.9. The zero-order valence-electron chi connectivity index (χ0n) is 13.3. The van der Waals surface area contributed by atoms with Crippen molar-refractivity contribution in [3.05, 3.63) is 76.4 Å². The van der Waals surface area contributed by atoms with Crippen LogP contribution in [0.25, 0.3) is 11.3 Å². The van der Waals surface area contributed by atoms with Gasteiger partial charge in [-0.05, 0) is 29.7 Å². The topological polar surface area (TPSA) is 57.8 Å². The second kappa shape index (κ2) is 7.45. The lowest BCUT2D eigenvalue weighted by molar-refractivity contribution is 0.0946. The van der Waals surface area contributed by atoms with Crippen LogP contribution < -0.4 is 5.32 Å². The number of amides is 1. The third-order valence-electron chi connectivity index (χ3n) is 3.90. The van der Waals surface area contributed by atoms with Crippen LogP contribution in [0.5, 0.6) is 0 Å². The summed E-state index contributed by atoms with van der Waals surface area (Å²) in [5.41, 5.74) is 3.39. The predicted molar refractivity (Wildman–Crippen MR) is 98.9 cm³/mol. The minimum Gasteiger partial charge on any atom is -0.350 e. The van der Waals surface area contributed by atoms with Crippen LogP contribution in [0.1, 0.15) is 28.9 Å². The lowest BCUT2D eigenvalue weighted by atomic mass is 10.0. The number of halogens is 1. The summed E-state index contributed by atoms with van der Waals surface area (Å²) in [5, 5.41) is 9.98. The molecule has 3 rings (SSSR count). The minimum absolute atomic E-state index is 0.145. The zero-order valence-corrected chi connectivity index (χ0v) is 14.9. The first-order valence-corrected chi connectivity index (χ1v) is 8.57. The fourth-order valence-corrected chi connectivity index (χ4v) is 2.71. The van der Waals surface area contributed by atoms with E-state index in [9.17, 15) is 4.79 Å². The molecule has 0 aliphatic heterocycles. The van der Waals surface area contributed by atoms with Gasteiger partial charge in [-0.1, -0.05) is 65.3 Å². The van der Waals surface area contributed by atoms with E-state index in [4.69, 9.17) is 0 Å². The average molecular weight is 384 g/mol. The standard InChI is InChI=1S/C19H18BrN3O/c1-13(14-5-3-2-4-6-14)12-21-19(24)18-11-17(22-23-18)15-7-9-16(20)10-8-15/h2-11,13H,12H2,1H3,(H,21,24)(H,22,23)/t13-/m0/s1. The van der Waals surface area contributed by atoms with Crippen LogP contribution in [0.2, 0.25) is 0 Å². The Kier molecular flexibility index (Phi) is 5.11. The molecule has 1 aromatic heterocycles. The Labute approximate surface area is 149 Å². The Balaban J connectivity index is 1.63. The first kappa shape index (κ1) is 16.5. The molecule has 122 valence electrons. The number of hydrogen-bond donors (Lipinski definition) is 2. The van der Waals surface area contributed by atoms with Crippen LogP contribution >= 0.6 is 15.9 Å². The Morgan fingerprint density at radius 2 is 1.88 bits per heavy atom. The molecule has 0 aliphatic carbocycles. The van der Waals surface area contributed by atoms with Crippen LogP contribution in [0, 0.1) is 0 Å². The summed E-state index contributed by atoms with van der Waals surface area (Å²) in [6, 6.07) is 19.7. The highest BCUT2D eigenvalue weighted by Crippen LogP contribution is 2.20. The monoisotopic (exact) mass is 383 g/mol. The number of hydrogen-bond acceptors (Lipinski definition) is 2. The Morgan fingerprint density at radius 1 is 1.17 bits per heavy atom. The highest BCUT2D eigenvalue weighted by Gasteiger charge is 2.12. The van der Waals surface area contributed by atoms with E-state index in [-0.39, 0.29) is 11.8 Å². The number of H-pyrrole nitrogens is 1. The van der Waals surface area contributed by atoms with Gasteiger partial charge in [0.05, 0.1) is 5.69 Å². The van der Waals surface area contributed by atoms with Crippen molar-refractivity contribution in [2.75, 3.05) is 6.54 Å². The molecule has 24 heavy (non-hydrogen) atoms. The van der Waals surface area contributed by atoms with Crippen molar-refractivity contribution in [1.82, 2.24) is 15.5 Å². The van der Waals surface area contributed by atoms with Crippen LogP contribution in [0.4, 0.5) is 0 Å². The molecule has 1 heterocycles. The Morgan fingerprint density at radius 3 is 2.58 bits per heavy atom. The molecule has 0 radical (unpaired) electrons. The van der Waals surface area contributed by atoms with E-state index in [1.165, 1.54) is 5.56 Å². The Bertz CT molecular complexity index is 812. The lowest BCUT2D eigenvalue weighted by Crippen LogP contribution is -2.27. The summed E-state index contributed by atoms with van der Waals surface area (Å²) in [4.78, 5) is 12.3. The molecule has 4 nitrogen and oxygen atoms in total. The first-order chi connectivity index (χ1) is 11.6. The molecule has 0 saturated heterocycles. The molecular weight excluding hydrogens is 366 g/mol. The maximum absolute atomic E-state index is 12.3.